The van der Waals surface area contributed by atoms with Crippen LogP contribution in [0.4, 0.5) is 4.39 Å². The topological polar surface area (TPSA) is 40.5 Å². The van der Waals surface area contributed by atoms with Crippen molar-refractivity contribution >= 4 is 17.7 Å². The van der Waals surface area contributed by atoms with Crippen molar-refractivity contribution in [1.82, 2.24) is 4.90 Å². The molecule has 0 aliphatic rings. The summed E-state index contributed by atoms with van der Waals surface area (Å²) in [4.78, 5) is 14.8. The Balaban J connectivity index is 1.91. The molecule has 0 bridgehead atoms. The summed E-state index contributed by atoms with van der Waals surface area (Å²) < 4.78 is 13.6. The zero-order valence-electron chi connectivity index (χ0n) is 13.7. The highest BCUT2D eigenvalue weighted by Crippen LogP contribution is 2.23. The number of nitrogens with zero attached hydrogens (tertiary/aromatic N) is 1. The van der Waals surface area contributed by atoms with E-state index in [9.17, 15) is 14.3 Å². The van der Waals surface area contributed by atoms with Gasteiger partial charge >= 0.3 is 0 Å². The highest BCUT2D eigenvalue weighted by molar-refractivity contribution is 7.99. The molecule has 0 spiro atoms. The Morgan fingerprint density at radius 1 is 1.17 bits per heavy atom. The van der Waals surface area contributed by atoms with Gasteiger partial charge in [-0.1, -0.05) is 37.3 Å². The minimum absolute atomic E-state index is 0.0175. The number of aromatic hydroxyl groups is 1. The summed E-state index contributed by atoms with van der Waals surface area (Å²) in [6.45, 7) is 3.04. The fourth-order valence-corrected chi connectivity index (χ4v) is 3.26. The van der Waals surface area contributed by atoms with Gasteiger partial charge < -0.3 is 10.0 Å². The molecule has 2 aromatic rings. The van der Waals surface area contributed by atoms with Gasteiger partial charge in [0.05, 0.1) is 0 Å². The number of phenolic OH excluding ortho intramolecular Hbond substituents is 1. The van der Waals surface area contributed by atoms with Gasteiger partial charge in [-0.25, -0.2) is 4.39 Å². The Labute approximate surface area is 146 Å². The van der Waals surface area contributed by atoms with Crippen LogP contribution >= 0.6 is 11.8 Å². The van der Waals surface area contributed by atoms with Crippen LogP contribution in [0, 0.1) is 5.82 Å². The Morgan fingerprint density at radius 3 is 2.58 bits per heavy atom. The van der Waals surface area contributed by atoms with Gasteiger partial charge in [0.1, 0.15) is 11.6 Å². The van der Waals surface area contributed by atoms with Crippen LogP contribution in [-0.2, 0) is 11.3 Å². The lowest BCUT2D eigenvalue weighted by atomic mass is 10.2. The van der Waals surface area contributed by atoms with E-state index in [0.29, 0.717) is 30.2 Å². The lowest BCUT2D eigenvalue weighted by Gasteiger charge is -2.22. The molecule has 24 heavy (non-hydrogen) atoms. The average molecular weight is 347 g/mol. The number of halogens is 1. The summed E-state index contributed by atoms with van der Waals surface area (Å²) >= 11 is 1.35. The monoisotopic (exact) mass is 347 g/mol. The van der Waals surface area contributed by atoms with Crippen LogP contribution < -0.4 is 0 Å². The maximum Gasteiger partial charge on any atom is 0.223 e. The van der Waals surface area contributed by atoms with E-state index < -0.39 is 0 Å². The zero-order chi connectivity index (χ0) is 17.4. The van der Waals surface area contributed by atoms with Gasteiger partial charge in [-0.3, -0.25) is 4.79 Å². The van der Waals surface area contributed by atoms with Crippen LogP contribution in [0.3, 0.4) is 0 Å². The minimum Gasteiger partial charge on any atom is -0.508 e. The second kappa shape index (κ2) is 9.33. The number of thioether (sulfide) groups is 1. The highest BCUT2D eigenvalue weighted by Gasteiger charge is 2.15. The van der Waals surface area contributed by atoms with E-state index in [0.717, 1.165) is 12.0 Å². The molecule has 0 fully saturated rings. The van der Waals surface area contributed by atoms with Crippen LogP contribution in [0.15, 0.2) is 53.4 Å². The first-order valence-electron chi connectivity index (χ1n) is 8.03. The summed E-state index contributed by atoms with van der Waals surface area (Å²) in [5, 5.41) is 9.88. The van der Waals surface area contributed by atoms with Crippen molar-refractivity contribution in [3.8, 4) is 5.75 Å². The molecule has 0 unspecified atom stereocenters. The van der Waals surface area contributed by atoms with Crippen molar-refractivity contribution in [2.24, 2.45) is 0 Å². The molecule has 3 nitrogen and oxygen atoms in total. The quantitative estimate of drug-likeness (QED) is 0.717. The number of carbonyl (C=O) groups is 1. The molecule has 0 radical (unpaired) electrons. The van der Waals surface area contributed by atoms with E-state index in [-0.39, 0.29) is 17.5 Å². The van der Waals surface area contributed by atoms with Crippen molar-refractivity contribution in [2.75, 3.05) is 12.3 Å². The van der Waals surface area contributed by atoms with Crippen molar-refractivity contribution in [3.63, 3.8) is 0 Å². The van der Waals surface area contributed by atoms with Gasteiger partial charge in [0, 0.05) is 35.7 Å². The van der Waals surface area contributed by atoms with Gasteiger partial charge in [-0.15, -0.1) is 11.8 Å². The molecule has 0 aliphatic carbocycles. The van der Waals surface area contributed by atoms with Crippen LogP contribution in [0.25, 0.3) is 0 Å². The molecule has 128 valence electrons. The van der Waals surface area contributed by atoms with Crippen LogP contribution in [-0.4, -0.2) is 28.2 Å². The number of benzene rings is 2. The molecular weight excluding hydrogens is 325 g/mol. The summed E-state index contributed by atoms with van der Waals surface area (Å²) in [5.41, 5.74) is 0.737. The Kier molecular flexibility index (Phi) is 7.12. The molecule has 0 saturated heterocycles. The normalized spacial score (nSPS) is 10.6. The number of rotatable bonds is 8. The number of para-hydroxylation sites is 1. The second-order valence-corrected chi connectivity index (χ2v) is 6.61. The average Bonchev–Trinajstić information content (AvgIpc) is 2.58. The maximum absolute atomic E-state index is 13.6. The molecule has 0 saturated carbocycles. The Bertz CT molecular complexity index is 678. The predicted octanol–water partition coefficient (Wildman–Crippen LogP) is 4.45. The summed E-state index contributed by atoms with van der Waals surface area (Å²) in [7, 11) is 0. The number of carbonyl (C=O) groups excluding carboxylic acids is 1. The van der Waals surface area contributed by atoms with E-state index in [1.165, 1.54) is 17.8 Å². The zero-order valence-corrected chi connectivity index (χ0v) is 14.6. The Hall–Kier alpha value is -2.01. The third-order valence-corrected chi connectivity index (χ3v) is 4.66. The van der Waals surface area contributed by atoms with Crippen molar-refractivity contribution in [1.29, 1.82) is 0 Å². The molecule has 1 amide bonds. The summed E-state index contributed by atoms with van der Waals surface area (Å²) in [6.07, 6.45) is 1.19. The van der Waals surface area contributed by atoms with Gasteiger partial charge in [-0.2, -0.15) is 0 Å². The minimum atomic E-state index is -0.255. The van der Waals surface area contributed by atoms with E-state index in [4.69, 9.17) is 0 Å². The maximum atomic E-state index is 13.6. The molecule has 0 atom stereocenters. The lowest BCUT2D eigenvalue weighted by Crippen LogP contribution is -2.31. The number of hydrogen-bond acceptors (Lipinski definition) is 3. The van der Waals surface area contributed by atoms with Crippen molar-refractivity contribution in [2.45, 2.75) is 31.2 Å². The molecule has 2 rings (SSSR count). The molecule has 0 aromatic heterocycles. The van der Waals surface area contributed by atoms with Crippen molar-refractivity contribution in [3.05, 3.63) is 59.9 Å². The van der Waals surface area contributed by atoms with E-state index in [2.05, 4.69) is 0 Å². The summed E-state index contributed by atoms with van der Waals surface area (Å²) in [6, 6.07) is 13.6. The lowest BCUT2D eigenvalue weighted by molar-refractivity contribution is -0.131. The second-order valence-electron chi connectivity index (χ2n) is 5.47. The first kappa shape index (κ1) is 18.3. The van der Waals surface area contributed by atoms with Gasteiger partial charge in [-0.05, 0) is 24.6 Å². The highest BCUT2D eigenvalue weighted by atomic mass is 32.2. The van der Waals surface area contributed by atoms with Crippen LogP contribution in [0.1, 0.15) is 25.3 Å². The predicted molar refractivity (Wildman–Crippen MR) is 95.6 cm³/mol. The number of amides is 1. The third-order valence-electron chi connectivity index (χ3n) is 3.61. The first-order chi connectivity index (χ1) is 11.6. The van der Waals surface area contributed by atoms with Crippen molar-refractivity contribution < 1.29 is 14.3 Å². The fraction of sp³-hybridized carbons (Fsp3) is 0.316. The molecule has 0 heterocycles. The van der Waals surface area contributed by atoms with E-state index in [1.807, 2.05) is 19.1 Å². The van der Waals surface area contributed by atoms with Gasteiger partial charge in [0.25, 0.3) is 0 Å². The molecule has 2 aromatic carbocycles. The molecule has 5 heteroatoms. The van der Waals surface area contributed by atoms with Gasteiger partial charge in [0.2, 0.25) is 5.91 Å². The molecular formula is C19H22FNO2S. The standard InChI is InChI=1S/C19H22FNO2S/c1-2-12-21(14-15-7-3-5-9-17(15)22)19(23)11-13-24-18-10-6-4-8-16(18)20/h3-10,22H,2,11-14H2,1H3. The van der Waals surface area contributed by atoms with Crippen LogP contribution in [0.5, 0.6) is 5.75 Å². The van der Waals surface area contributed by atoms with E-state index >= 15 is 0 Å². The SMILES string of the molecule is CCCN(Cc1ccccc1O)C(=O)CCSc1ccccc1F. The number of phenols is 1. The third kappa shape index (κ3) is 5.27. The van der Waals surface area contributed by atoms with E-state index in [1.54, 1.807) is 35.2 Å². The largest absolute Gasteiger partial charge is 0.508 e. The van der Waals surface area contributed by atoms with Crippen LogP contribution in [0.2, 0.25) is 0 Å². The molecule has 0 aliphatic heterocycles. The smallest absolute Gasteiger partial charge is 0.223 e. The Morgan fingerprint density at radius 2 is 1.88 bits per heavy atom. The fourth-order valence-electron chi connectivity index (χ4n) is 2.38. The molecule has 1 N–H and O–H groups in total. The number of hydrogen-bond donors (Lipinski definition) is 1. The first-order valence-corrected chi connectivity index (χ1v) is 9.02. The van der Waals surface area contributed by atoms with Gasteiger partial charge in [0.15, 0.2) is 0 Å². The summed E-state index contributed by atoms with van der Waals surface area (Å²) in [5.74, 6) is 0.492.